The number of anilines is 1. The van der Waals surface area contributed by atoms with Gasteiger partial charge in [-0.15, -0.1) is 0 Å². The maximum absolute atomic E-state index is 11.8. The van der Waals surface area contributed by atoms with Gasteiger partial charge in [0.1, 0.15) is 29.9 Å². The highest BCUT2D eigenvalue weighted by molar-refractivity contribution is 6.31. The molecule has 0 unspecified atom stereocenters. The number of nitroso groups, excluding NO2 is 1. The van der Waals surface area contributed by atoms with Gasteiger partial charge in [-0.1, -0.05) is 41.0 Å². The van der Waals surface area contributed by atoms with Crippen molar-refractivity contribution in [2.75, 3.05) is 51.4 Å². The Labute approximate surface area is 240 Å². The second kappa shape index (κ2) is 13.5. The van der Waals surface area contributed by atoms with Gasteiger partial charge < -0.3 is 29.2 Å². The summed E-state index contributed by atoms with van der Waals surface area (Å²) in [7, 11) is 1.73. The molecule has 40 heavy (non-hydrogen) atoms. The lowest BCUT2D eigenvalue weighted by Crippen LogP contribution is -2.48. The topological polar surface area (TPSA) is 81.6 Å². The first-order valence-corrected chi connectivity index (χ1v) is 14.1. The Morgan fingerprint density at radius 1 is 1.07 bits per heavy atom. The van der Waals surface area contributed by atoms with Crippen LogP contribution in [-0.4, -0.2) is 58.6 Å². The van der Waals surface area contributed by atoms with E-state index in [4.69, 9.17) is 30.5 Å². The monoisotopic (exact) mass is 565 g/mol. The van der Waals surface area contributed by atoms with Crippen LogP contribution in [0.15, 0.2) is 65.8 Å². The highest BCUT2D eigenvalue weighted by Crippen LogP contribution is 2.35. The average Bonchev–Trinajstić information content (AvgIpc) is 2.98. The lowest BCUT2D eigenvalue weighted by molar-refractivity contribution is 0.00539. The van der Waals surface area contributed by atoms with E-state index in [-0.39, 0.29) is 12.0 Å². The zero-order chi connectivity index (χ0) is 27.9. The smallest absolute Gasteiger partial charge is 0.142 e. The maximum atomic E-state index is 11.8. The van der Waals surface area contributed by atoms with E-state index in [2.05, 4.69) is 21.5 Å². The summed E-state index contributed by atoms with van der Waals surface area (Å²) >= 11 is 6.24. The third-order valence-electron chi connectivity index (χ3n) is 7.52. The Kier molecular flexibility index (Phi) is 9.54. The van der Waals surface area contributed by atoms with Crippen molar-refractivity contribution in [2.45, 2.75) is 38.0 Å². The summed E-state index contributed by atoms with van der Waals surface area (Å²) in [6, 6.07) is 19.2. The summed E-state index contributed by atoms with van der Waals surface area (Å²) in [4.78, 5) is 14.2. The zero-order valence-electron chi connectivity index (χ0n) is 23.0. The van der Waals surface area contributed by atoms with Gasteiger partial charge in [-0.25, -0.2) is 0 Å². The molecule has 9 heteroatoms. The average molecular weight is 566 g/mol. The van der Waals surface area contributed by atoms with Gasteiger partial charge in [0.05, 0.1) is 24.9 Å². The molecule has 0 spiro atoms. The Hall–Kier alpha value is -3.17. The van der Waals surface area contributed by atoms with Gasteiger partial charge in [-0.2, -0.15) is 4.91 Å². The first-order valence-electron chi connectivity index (χ1n) is 13.7. The standard InChI is InChI=1S/C31H36ClN3O5/c1-21-4-8-25(17-26(21)32)40-24-9-6-23(7-10-24)31-27(34-36)18-33-19-30(31)39-20-22-5-11-29-28(16-22)35(13-15-38-29)12-3-14-37-2/h4-11,16-17,27,30-31,33H,3,12-15,18-20H2,1-2H3/t27-,30+,31+/m1/s1. The molecule has 8 nitrogen and oxygen atoms in total. The molecule has 2 aliphatic rings. The van der Waals surface area contributed by atoms with Gasteiger partial charge in [0.25, 0.3) is 0 Å². The summed E-state index contributed by atoms with van der Waals surface area (Å²) in [6.45, 7) is 6.68. The van der Waals surface area contributed by atoms with Gasteiger partial charge in [-0.3, -0.25) is 0 Å². The third-order valence-corrected chi connectivity index (χ3v) is 7.92. The van der Waals surface area contributed by atoms with Crippen molar-refractivity contribution in [1.29, 1.82) is 0 Å². The summed E-state index contributed by atoms with van der Waals surface area (Å²) < 4.78 is 23.6. The van der Waals surface area contributed by atoms with Crippen LogP contribution in [0.5, 0.6) is 17.2 Å². The van der Waals surface area contributed by atoms with Crippen molar-refractivity contribution in [1.82, 2.24) is 5.32 Å². The highest BCUT2D eigenvalue weighted by Gasteiger charge is 2.36. The van der Waals surface area contributed by atoms with E-state index in [0.29, 0.717) is 42.8 Å². The number of aryl methyl sites for hydroxylation is 1. The maximum Gasteiger partial charge on any atom is 0.142 e. The predicted molar refractivity (Wildman–Crippen MR) is 157 cm³/mol. The molecule has 0 aliphatic carbocycles. The number of rotatable bonds is 11. The molecule has 3 aromatic carbocycles. The molecule has 1 saturated heterocycles. The summed E-state index contributed by atoms with van der Waals surface area (Å²) in [5.41, 5.74) is 4.13. The van der Waals surface area contributed by atoms with Crippen molar-refractivity contribution >= 4 is 17.3 Å². The van der Waals surface area contributed by atoms with E-state index in [1.807, 2.05) is 55.5 Å². The number of methoxy groups -OCH3 is 1. The van der Waals surface area contributed by atoms with Crippen LogP contribution >= 0.6 is 11.6 Å². The normalized spacial score (nSPS) is 20.5. The number of nitrogens with zero attached hydrogens (tertiary/aromatic N) is 2. The number of piperidine rings is 1. The minimum atomic E-state index is -0.436. The van der Waals surface area contributed by atoms with Gasteiger partial charge in [-0.05, 0) is 66.4 Å². The third kappa shape index (κ3) is 6.75. The van der Waals surface area contributed by atoms with E-state index >= 15 is 0 Å². The van der Waals surface area contributed by atoms with Crippen molar-refractivity contribution in [3.8, 4) is 17.2 Å². The number of halogens is 1. The molecule has 5 rings (SSSR count). The van der Waals surface area contributed by atoms with Crippen LogP contribution in [0.1, 0.15) is 29.0 Å². The number of nitrogens with one attached hydrogen (secondary N) is 1. The van der Waals surface area contributed by atoms with Crippen molar-refractivity contribution in [3.05, 3.63) is 87.3 Å². The lowest BCUT2D eigenvalue weighted by Gasteiger charge is -2.36. The molecule has 0 amide bonds. The summed E-state index contributed by atoms with van der Waals surface area (Å²) in [5.74, 6) is 2.08. The zero-order valence-corrected chi connectivity index (χ0v) is 23.7. The fraction of sp³-hybridized carbons (Fsp3) is 0.419. The molecule has 0 saturated carbocycles. The van der Waals surface area contributed by atoms with Crippen LogP contribution in [0.4, 0.5) is 5.69 Å². The molecule has 1 N–H and O–H groups in total. The first kappa shape index (κ1) is 28.4. The molecule has 0 aromatic heterocycles. The second-order valence-corrected chi connectivity index (χ2v) is 10.7. The van der Waals surface area contributed by atoms with Crippen molar-refractivity contribution in [2.24, 2.45) is 5.18 Å². The molecular weight excluding hydrogens is 530 g/mol. The Morgan fingerprint density at radius 3 is 2.67 bits per heavy atom. The lowest BCUT2D eigenvalue weighted by atomic mass is 9.84. The molecule has 3 aromatic rings. The van der Waals surface area contributed by atoms with Crippen LogP contribution in [0.2, 0.25) is 5.02 Å². The fourth-order valence-electron chi connectivity index (χ4n) is 5.35. The van der Waals surface area contributed by atoms with Crippen molar-refractivity contribution in [3.63, 3.8) is 0 Å². The minimum Gasteiger partial charge on any atom is -0.490 e. The molecule has 2 aliphatic heterocycles. The van der Waals surface area contributed by atoms with E-state index in [9.17, 15) is 4.91 Å². The van der Waals surface area contributed by atoms with Gasteiger partial charge in [0.15, 0.2) is 0 Å². The summed E-state index contributed by atoms with van der Waals surface area (Å²) in [5, 5.41) is 7.43. The van der Waals surface area contributed by atoms with Crippen LogP contribution in [-0.2, 0) is 16.1 Å². The molecule has 0 bridgehead atoms. The minimum absolute atomic E-state index is 0.173. The van der Waals surface area contributed by atoms with Gasteiger partial charge in [0, 0.05) is 44.3 Å². The Morgan fingerprint density at radius 2 is 1.90 bits per heavy atom. The SMILES string of the molecule is COCCCN1CCOc2ccc(CO[C@H]3CNC[C@@H](N=O)[C@@H]3c3ccc(Oc4ccc(C)c(Cl)c4)cc3)cc21. The van der Waals surface area contributed by atoms with Crippen LogP contribution in [0, 0.1) is 11.8 Å². The first-order chi connectivity index (χ1) is 19.6. The van der Waals surface area contributed by atoms with E-state index < -0.39 is 6.04 Å². The van der Waals surface area contributed by atoms with Gasteiger partial charge in [0.2, 0.25) is 0 Å². The van der Waals surface area contributed by atoms with Crippen LogP contribution < -0.4 is 19.7 Å². The van der Waals surface area contributed by atoms with E-state index in [0.717, 1.165) is 54.2 Å². The molecule has 0 radical (unpaired) electrons. The van der Waals surface area contributed by atoms with E-state index in [1.165, 1.54) is 0 Å². The molecular formula is C31H36ClN3O5. The summed E-state index contributed by atoms with van der Waals surface area (Å²) in [6.07, 6.45) is 0.735. The molecule has 1 fully saturated rings. The van der Waals surface area contributed by atoms with Crippen molar-refractivity contribution < 1.29 is 18.9 Å². The molecule has 212 valence electrons. The number of benzene rings is 3. The number of fused-ring (bicyclic) bond motifs is 1. The number of ether oxygens (including phenoxy) is 4. The number of hydrogen-bond acceptors (Lipinski definition) is 8. The van der Waals surface area contributed by atoms with Gasteiger partial charge >= 0.3 is 0 Å². The number of hydrogen-bond donors (Lipinski definition) is 1. The van der Waals surface area contributed by atoms with E-state index in [1.54, 1.807) is 13.2 Å². The molecule has 2 heterocycles. The second-order valence-electron chi connectivity index (χ2n) is 10.3. The van der Waals surface area contributed by atoms with Crippen LogP contribution in [0.3, 0.4) is 0 Å². The fourth-order valence-corrected chi connectivity index (χ4v) is 5.52. The molecule has 3 atom stereocenters. The Balaban J connectivity index is 1.28. The largest absolute Gasteiger partial charge is 0.490 e. The predicted octanol–water partition coefficient (Wildman–Crippen LogP) is 6.08. The Bertz CT molecular complexity index is 1290. The quantitative estimate of drug-likeness (QED) is 0.223. The van der Waals surface area contributed by atoms with Crippen LogP contribution in [0.25, 0.3) is 0 Å². The highest BCUT2D eigenvalue weighted by atomic mass is 35.5.